The van der Waals surface area contributed by atoms with Gasteiger partial charge in [-0.15, -0.1) is 57.1 Å². The maximum atomic E-state index is 6.98. The molecule has 2 aliphatic rings. The molecule has 3 nitrogen and oxygen atoms in total. The number of nitrogens with zero attached hydrogens (tertiary/aromatic N) is 1. The molecule has 2 aliphatic carbocycles. The molecule has 85 heavy (non-hydrogen) atoms. The Morgan fingerprint density at radius 1 is 0.553 bits per heavy atom. The largest absolute Gasteiger partial charge is 0.497 e. The van der Waals surface area contributed by atoms with Gasteiger partial charge < -0.3 is 14.4 Å². The average molecular weight is 1220 g/mol. The maximum absolute atomic E-state index is 6.98. The van der Waals surface area contributed by atoms with Crippen molar-refractivity contribution in [3.8, 4) is 38.4 Å². The Morgan fingerprint density at radius 3 is 1.85 bits per heavy atom. The topological polar surface area (TPSA) is 21.7 Å². The van der Waals surface area contributed by atoms with Crippen molar-refractivity contribution in [2.45, 2.75) is 201 Å². The van der Waals surface area contributed by atoms with E-state index in [9.17, 15) is 0 Å². The summed E-state index contributed by atoms with van der Waals surface area (Å²) < 4.78 is 20.1. The van der Waals surface area contributed by atoms with Gasteiger partial charge >= 0.3 is 0 Å². The lowest BCUT2D eigenvalue weighted by atomic mass is 9.82. The van der Waals surface area contributed by atoms with Gasteiger partial charge in [-0.2, -0.15) is 0 Å². The van der Waals surface area contributed by atoms with Crippen LogP contribution in [-0.4, -0.2) is 13.2 Å². The Hall–Kier alpha value is -5.09. The molecule has 0 bridgehead atoms. The van der Waals surface area contributed by atoms with Crippen molar-refractivity contribution in [3.63, 3.8) is 0 Å². The molecule has 0 N–H and O–H groups in total. The van der Waals surface area contributed by atoms with E-state index < -0.39 is 0 Å². The van der Waals surface area contributed by atoms with Crippen LogP contribution < -0.4 is 9.64 Å². The van der Waals surface area contributed by atoms with Crippen molar-refractivity contribution >= 4 is 97.9 Å². The molecule has 2 unspecified atom stereocenters. The number of hydrogen-bond donors (Lipinski definition) is 0. The third-order valence-corrected chi connectivity index (χ3v) is 25.4. The Bertz CT molecular complexity index is 3770. The fraction of sp³-hybridized carbons (Fsp3) is 0.429. The molecule has 0 spiro atoms. The van der Waals surface area contributed by atoms with Gasteiger partial charge in [0.05, 0.1) is 41.8 Å². The smallest absolute Gasteiger partial charge is 0.138 e. The van der Waals surface area contributed by atoms with Crippen LogP contribution in [0, 0.1) is 6.92 Å². The van der Waals surface area contributed by atoms with Gasteiger partial charge in [0.2, 0.25) is 0 Å². The minimum absolute atomic E-state index is 0.123. The average Bonchev–Trinajstić information content (AvgIpc) is 1.96. The molecule has 0 amide bonds. The van der Waals surface area contributed by atoms with Crippen LogP contribution in [0.1, 0.15) is 224 Å². The molecular formula is C77H91NO2S5. The second kappa shape index (κ2) is 27.9. The predicted molar refractivity (Wildman–Crippen MR) is 379 cm³/mol. The number of unbranched alkanes of at least 4 members (excludes halogenated alkanes) is 12. The summed E-state index contributed by atoms with van der Waals surface area (Å²) in [4.78, 5) is 9.23. The van der Waals surface area contributed by atoms with E-state index in [-0.39, 0.29) is 10.7 Å². The summed E-state index contributed by atoms with van der Waals surface area (Å²) in [5.41, 5.74) is 18.7. The summed E-state index contributed by atoms with van der Waals surface area (Å²) in [5, 5.41) is 0.244. The molecule has 11 rings (SSSR count). The fourth-order valence-corrected chi connectivity index (χ4v) is 20.6. The van der Waals surface area contributed by atoms with Gasteiger partial charge in [-0.1, -0.05) is 198 Å². The summed E-state index contributed by atoms with van der Waals surface area (Å²) in [6, 6.07) is 44.1. The highest BCUT2D eigenvalue weighted by Crippen LogP contribution is 2.56. The zero-order valence-electron chi connectivity index (χ0n) is 52.6. The molecule has 8 heteroatoms. The summed E-state index contributed by atoms with van der Waals surface area (Å²) in [6.07, 6.45) is 22.0. The predicted octanol–water partition coefficient (Wildman–Crippen LogP) is 26.1. The lowest BCUT2D eigenvalue weighted by molar-refractivity contribution is 0.209. The van der Waals surface area contributed by atoms with Crippen molar-refractivity contribution in [1.29, 1.82) is 0 Å². The monoisotopic (exact) mass is 1220 g/mol. The molecule has 0 aliphatic heterocycles. The number of ether oxygens (including phenoxy) is 2. The molecule has 4 aromatic heterocycles. The van der Waals surface area contributed by atoms with Gasteiger partial charge in [0, 0.05) is 54.3 Å². The van der Waals surface area contributed by atoms with Gasteiger partial charge in [0.25, 0.3) is 0 Å². The van der Waals surface area contributed by atoms with Crippen LogP contribution in [0.3, 0.4) is 0 Å². The first-order chi connectivity index (χ1) is 41.4. The Labute approximate surface area is 530 Å². The minimum Gasteiger partial charge on any atom is -0.497 e. The van der Waals surface area contributed by atoms with E-state index in [0.717, 1.165) is 43.1 Å². The SMILES string of the molecule is CCCCCCO/C(C)=C(/SC(C)c1sc2c(sc3c(CCCCCC)c(C)sc32)c1CCCCCC)c1cc(OCCCCCC)c(-c2ccc(N(c3ccc4c(c3)C(C)c3ccccc3-4)c3ccc4c(c3)C(C)(C)c3ccccc3-4)cc2)s1. The first-order valence-electron chi connectivity index (χ1n) is 32.6. The number of thioether (sulfide) groups is 1. The highest BCUT2D eigenvalue weighted by atomic mass is 32.2. The van der Waals surface area contributed by atoms with Crippen LogP contribution in [-0.2, 0) is 23.0 Å². The van der Waals surface area contributed by atoms with Crippen LogP contribution in [0.25, 0.3) is 56.4 Å². The van der Waals surface area contributed by atoms with Crippen molar-refractivity contribution in [2.24, 2.45) is 0 Å². The number of fused-ring (bicyclic) bond motifs is 9. The lowest BCUT2D eigenvalue weighted by Gasteiger charge is -2.29. The number of anilines is 3. The second-order valence-electron chi connectivity index (χ2n) is 24.8. The highest BCUT2D eigenvalue weighted by molar-refractivity contribution is 8.08. The van der Waals surface area contributed by atoms with Crippen molar-refractivity contribution in [3.05, 3.63) is 169 Å². The third-order valence-electron chi connectivity index (χ3n) is 18.3. The fourth-order valence-electron chi connectivity index (χ4n) is 13.4. The van der Waals surface area contributed by atoms with Crippen LogP contribution in [0.5, 0.6) is 5.75 Å². The van der Waals surface area contributed by atoms with E-state index in [1.807, 2.05) is 23.1 Å². The Kier molecular flexibility index (Phi) is 20.2. The van der Waals surface area contributed by atoms with Crippen molar-refractivity contribution < 1.29 is 9.47 Å². The Morgan fingerprint density at radius 2 is 1.13 bits per heavy atom. The standard InChI is InChI=1S/C77H91NO2S5/c1-11-15-19-23-32-59-52(7)81-75-73(59)85-74-64(35-24-20-16-12-2)71(84-76(74)75)53(8)82-70(51(6)79-45-29-21-17-13-3)69-49-68(80-46-30-22-18-14-4)72(83-69)54-37-39-55(40-38-54)78(56-41-43-61-60-33-26-25-31-58(60)50(5)65(61)47-56)57-42-44-63-62-34-27-28-36-66(62)77(9,10)67(63)48-57/h25-28,31,33-34,36-44,47-50,53H,11-24,29-30,32,35,45-46H2,1-10H3/b70-51+. The van der Waals surface area contributed by atoms with Gasteiger partial charge in [-0.05, 0) is 157 Å². The molecule has 5 aromatic carbocycles. The van der Waals surface area contributed by atoms with Crippen LogP contribution in [0.15, 0.2) is 121 Å². The van der Waals surface area contributed by atoms with Gasteiger partial charge in [-0.3, -0.25) is 0 Å². The van der Waals surface area contributed by atoms with Crippen LogP contribution >= 0.6 is 57.1 Å². The van der Waals surface area contributed by atoms with E-state index in [0.29, 0.717) is 12.5 Å². The van der Waals surface area contributed by atoms with Gasteiger partial charge in [-0.25, -0.2) is 0 Å². The molecule has 0 saturated heterocycles. The van der Waals surface area contributed by atoms with E-state index in [1.165, 1.54) is 182 Å². The first kappa shape index (κ1) is 61.6. The van der Waals surface area contributed by atoms with Crippen molar-refractivity contribution in [2.75, 3.05) is 18.1 Å². The summed E-state index contributed by atoms with van der Waals surface area (Å²) in [5.74, 6) is 2.32. The maximum Gasteiger partial charge on any atom is 0.138 e. The van der Waals surface area contributed by atoms with E-state index in [1.54, 1.807) is 30.1 Å². The summed E-state index contributed by atoms with van der Waals surface area (Å²) >= 11 is 10.2. The lowest BCUT2D eigenvalue weighted by Crippen LogP contribution is -2.16. The number of aryl methyl sites for hydroxylation is 3. The minimum atomic E-state index is -0.123. The molecule has 2 atom stereocenters. The molecule has 0 radical (unpaired) electrons. The molecule has 4 heterocycles. The zero-order chi connectivity index (χ0) is 59.2. The quantitative estimate of drug-likeness (QED) is 0.0330. The number of thiophene rings is 4. The van der Waals surface area contributed by atoms with E-state index in [4.69, 9.17) is 9.47 Å². The second-order valence-corrected chi connectivity index (χ2v) is 30.5. The Balaban J connectivity index is 0.972. The first-order valence-corrected chi connectivity index (χ1v) is 36.7. The van der Waals surface area contributed by atoms with Gasteiger partial charge in [0.1, 0.15) is 11.5 Å². The number of benzene rings is 5. The highest BCUT2D eigenvalue weighted by Gasteiger charge is 2.36. The normalized spacial score (nSPS) is 14.6. The molecule has 446 valence electrons. The number of hydrogen-bond acceptors (Lipinski definition) is 8. The zero-order valence-corrected chi connectivity index (χ0v) is 56.7. The van der Waals surface area contributed by atoms with E-state index in [2.05, 4.69) is 223 Å². The molecule has 0 saturated carbocycles. The molecule has 9 aromatic rings. The van der Waals surface area contributed by atoms with Crippen LogP contribution in [0.4, 0.5) is 17.1 Å². The van der Waals surface area contributed by atoms with E-state index >= 15 is 0 Å². The number of allylic oxidation sites excluding steroid dienone is 1. The summed E-state index contributed by atoms with van der Waals surface area (Å²) in [6.45, 7) is 24.9. The number of rotatable bonds is 30. The molecule has 0 fully saturated rings. The van der Waals surface area contributed by atoms with Gasteiger partial charge in [0.15, 0.2) is 0 Å². The summed E-state index contributed by atoms with van der Waals surface area (Å²) in [7, 11) is 0. The van der Waals surface area contributed by atoms with Crippen LogP contribution in [0.2, 0.25) is 0 Å². The molecular weight excluding hydrogens is 1130 g/mol. The van der Waals surface area contributed by atoms with Crippen molar-refractivity contribution in [1.82, 2.24) is 0 Å². The third kappa shape index (κ3) is 12.8.